The summed E-state index contributed by atoms with van der Waals surface area (Å²) in [5.41, 5.74) is 0.588. The first-order valence-electron chi connectivity index (χ1n) is 7.09. The third-order valence-electron chi connectivity index (χ3n) is 3.45. The van der Waals surface area contributed by atoms with Crippen LogP contribution in [0.5, 0.6) is 5.75 Å². The van der Waals surface area contributed by atoms with Gasteiger partial charge in [-0.05, 0) is 64.9 Å². The summed E-state index contributed by atoms with van der Waals surface area (Å²) in [4.78, 5) is 22.6. The lowest BCUT2D eigenvalue weighted by atomic mass is 10.1. The predicted octanol–water partition coefficient (Wildman–Crippen LogP) is 4.41. The molecule has 0 saturated heterocycles. The Morgan fingerprint density at radius 1 is 1.46 bits per heavy atom. The second-order valence-corrected chi connectivity index (χ2v) is 6.73. The lowest BCUT2D eigenvalue weighted by Crippen LogP contribution is -2.14. The Hall–Kier alpha value is -2.64. The Bertz CT molecular complexity index is 983. The minimum atomic E-state index is -0.740. The van der Waals surface area contributed by atoms with Gasteiger partial charge in [-0.25, -0.2) is 0 Å². The molecule has 0 spiro atoms. The van der Waals surface area contributed by atoms with Crippen LogP contribution in [0.25, 0.3) is 6.08 Å². The molecule has 2 aromatic carbocycles. The number of nitro benzene ring substituents is 1. The highest BCUT2D eigenvalue weighted by atomic mass is 127. The number of rotatable bonds is 4. The van der Waals surface area contributed by atoms with E-state index in [0.29, 0.717) is 16.3 Å². The van der Waals surface area contributed by atoms with Crippen LogP contribution in [0, 0.1) is 31.9 Å². The number of halogens is 2. The molecule has 2 rings (SSSR count). The van der Waals surface area contributed by atoms with Gasteiger partial charge in [0.05, 0.1) is 8.49 Å². The van der Waals surface area contributed by atoms with Gasteiger partial charge >= 0.3 is 5.69 Å². The van der Waals surface area contributed by atoms with E-state index in [1.807, 2.05) is 0 Å². The largest absolute Gasteiger partial charge is 0.501 e. The van der Waals surface area contributed by atoms with E-state index in [0.717, 1.165) is 6.07 Å². The first kappa shape index (κ1) is 19.7. The van der Waals surface area contributed by atoms with Gasteiger partial charge in [0, 0.05) is 16.8 Å². The van der Waals surface area contributed by atoms with Crippen LogP contribution < -0.4 is 5.32 Å². The number of nitriles is 1. The maximum Gasteiger partial charge on any atom is 0.312 e. The van der Waals surface area contributed by atoms with Crippen LogP contribution in [0.2, 0.25) is 5.02 Å². The van der Waals surface area contributed by atoms with Crippen molar-refractivity contribution < 1.29 is 14.8 Å². The number of aromatic hydroxyl groups is 1. The fourth-order valence-corrected chi connectivity index (χ4v) is 2.89. The van der Waals surface area contributed by atoms with Gasteiger partial charge < -0.3 is 10.4 Å². The number of hydrogen-bond acceptors (Lipinski definition) is 5. The van der Waals surface area contributed by atoms with E-state index in [4.69, 9.17) is 11.6 Å². The molecule has 0 aromatic heterocycles. The highest BCUT2D eigenvalue weighted by molar-refractivity contribution is 14.1. The van der Waals surface area contributed by atoms with Gasteiger partial charge in [-0.15, -0.1) is 0 Å². The van der Waals surface area contributed by atoms with E-state index in [2.05, 4.69) is 5.32 Å². The van der Waals surface area contributed by atoms with Crippen LogP contribution >= 0.6 is 34.2 Å². The van der Waals surface area contributed by atoms with Crippen molar-refractivity contribution in [1.82, 2.24) is 0 Å². The number of amides is 1. The molecule has 7 nitrogen and oxygen atoms in total. The summed E-state index contributed by atoms with van der Waals surface area (Å²) < 4.78 is 0.228. The average Bonchev–Trinajstić information content (AvgIpc) is 2.59. The van der Waals surface area contributed by atoms with Gasteiger partial charge in [-0.3, -0.25) is 14.9 Å². The van der Waals surface area contributed by atoms with Gasteiger partial charge in [0.15, 0.2) is 0 Å². The normalized spacial score (nSPS) is 10.9. The fraction of sp³-hybridized carbons (Fsp3) is 0.0588. The van der Waals surface area contributed by atoms with Crippen LogP contribution in [0.15, 0.2) is 35.9 Å². The van der Waals surface area contributed by atoms with Crippen molar-refractivity contribution in [3.05, 3.63) is 65.7 Å². The van der Waals surface area contributed by atoms with Crippen LogP contribution in [0.4, 0.5) is 11.4 Å². The standard InChI is InChI=1S/C17H11ClIN3O4/c1-9-12(18)3-2-4-14(9)21-17(24)11(8-20)5-10-6-13(19)16(23)15(7-10)22(25)26/h2-7,23H,1H3,(H,21,24)/b11-5+. The quantitative estimate of drug-likeness (QED) is 0.220. The van der Waals surface area contributed by atoms with E-state index >= 15 is 0 Å². The Morgan fingerprint density at radius 2 is 2.15 bits per heavy atom. The molecule has 0 fully saturated rings. The average molecular weight is 484 g/mol. The van der Waals surface area contributed by atoms with Crippen molar-refractivity contribution in [2.75, 3.05) is 5.32 Å². The first-order valence-corrected chi connectivity index (χ1v) is 8.55. The van der Waals surface area contributed by atoms with Crippen molar-refractivity contribution in [2.45, 2.75) is 6.92 Å². The zero-order valence-electron chi connectivity index (χ0n) is 13.3. The number of carbonyl (C=O) groups excluding carboxylic acids is 1. The fourth-order valence-electron chi connectivity index (χ4n) is 2.08. The lowest BCUT2D eigenvalue weighted by molar-refractivity contribution is -0.386. The molecule has 2 N–H and O–H groups in total. The van der Waals surface area contributed by atoms with Crippen LogP contribution in [-0.4, -0.2) is 15.9 Å². The lowest BCUT2D eigenvalue weighted by Gasteiger charge is -2.09. The maximum absolute atomic E-state index is 12.4. The highest BCUT2D eigenvalue weighted by Gasteiger charge is 2.18. The molecule has 1 amide bonds. The monoisotopic (exact) mass is 483 g/mol. The molecule has 0 aliphatic carbocycles. The Labute approximate surface area is 167 Å². The third-order valence-corrected chi connectivity index (χ3v) is 4.69. The van der Waals surface area contributed by atoms with Crippen molar-refractivity contribution in [3.8, 4) is 11.8 Å². The minimum absolute atomic E-state index is 0.228. The van der Waals surface area contributed by atoms with Gasteiger partial charge in [-0.2, -0.15) is 5.26 Å². The maximum atomic E-state index is 12.4. The van der Waals surface area contributed by atoms with E-state index < -0.39 is 22.3 Å². The molecule has 2 aromatic rings. The van der Waals surface area contributed by atoms with Gasteiger partial charge in [0.2, 0.25) is 5.75 Å². The molecule has 0 radical (unpaired) electrons. The summed E-state index contributed by atoms with van der Waals surface area (Å²) in [5, 5.41) is 33.0. The predicted molar refractivity (Wildman–Crippen MR) is 106 cm³/mol. The van der Waals surface area contributed by atoms with E-state index in [-0.39, 0.29) is 14.7 Å². The van der Waals surface area contributed by atoms with Crippen molar-refractivity contribution in [2.24, 2.45) is 0 Å². The van der Waals surface area contributed by atoms with Crippen LogP contribution in [0.1, 0.15) is 11.1 Å². The molecule has 0 saturated carbocycles. The molecule has 26 heavy (non-hydrogen) atoms. The topological polar surface area (TPSA) is 116 Å². The summed E-state index contributed by atoms with van der Waals surface area (Å²) in [7, 11) is 0. The molecular weight excluding hydrogens is 473 g/mol. The molecule has 0 aliphatic heterocycles. The summed E-state index contributed by atoms with van der Waals surface area (Å²) in [6, 6.07) is 9.26. The Morgan fingerprint density at radius 3 is 2.77 bits per heavy atom. The van der Waals surface area contributed by atoms with Gasteiger partial charge in [0.25, 0.3) is 5.91 Å². The third kappa shape index (κ3) is 4.30. The molecule has 132 valence electrons. The number of nitro groups is 1. The zero-order valence-corrected chi connectivity index (χ0v) is 16.2. The summed E-state index contributed by atoms with van der Waals surface area (Å²) in [6.45, 7) is 1.72. The minimum Gasteiger partial charge on any atom is -0.501 e. The van der Waals surface area contributed by atoms with E-state index in [9.17, 15) is 25.3 Å². The SMILES string of the molecule is Cc1c(Cl)cccc1NC(=O)/C(C#N)=C/c1cc(I)c(O)c([N+](=O)[O-])c1. The number of phenols is 1. The zero-order chi connectivity index (χ0) is 19.4. The van der Waals surface area contributed by atoms with Crippen molar-refractivity contribution in [3.63, 3.8) is 0 Å². The number of carbonyl (C=O) groups is 1. The number of benzene rings is 2. The number of nitrogens with zero attached hydrogens (tertiary/aromatic N) is 2. The number of anilines is 1. The smallest absolute Gasteiger partial charge is 0.312 e. The van der Waals surface area contributed by atoms with Gasteiger partial charge in [0.1, 0.15) is 11.6 Å². The second-order valence-electron chi connectivity index (χ2n) is 5.16. The summed E-state index contributed by atoms with van der Waals surface area (Å²) >= 11 is 7.73. The Kier molecular flexibility index (Phi) is 6.18. The number of nitrogens with one attached hydrogen (secondary N) is 1. The summed E-state index contributed by atoms with van der Waals surface area (Å²) in [5.74, 6) is -1.14. The molecule has 0 atom stereocenters. The highest BCUT2D eigenvalue weighted by Crippen LogP contribution is 2.33. The molecule has 0 aliphatic rings. The van der Waals surface area contributed by atoms with Crippen LogP contribution in [-0.2, 0) is 4.79 Å². The van der Waals surface area contributed by atoms with Gasteiger partial charge in [-0.1, -0.05) is 17.7 Å². The first-order chi connectivity index (χ1) is 12.2. The molecule has 0 unspecified atom stereocenters. The molecule has 0 heterocycles. The molecular formula is C17H11ClIN3O4. The van der Waals surface area contributed by atoms with E-state index in [1.165, 1.54) is 12.1 Å². The number of hydrogen-bond donors (Lipinski definition) is 2. The van der Waals surface area contributed by atoms with E-state index in [1.54, 1.807) is 53.8 Å². The van der Waals surface area contributed by atoms with Crippen LogP contribution in [0.3, 0.4) is 0 Å². The molecule has 9 heteroatoms. The second kappa shape index (κ2) is 8.16. The number of phenolic OH excluding ortho intramolecular Hbond substituents is 1. The molecule has 0 bridgehead atoms. The van der Waals surface area contributed by atoms with Crippen molar-refractivity contribution in [1.29, 1.82) is 5.26 Å². The Balaban J connectivity index is 2.39. The summed E-state index contributed by atoms with van der Waals surface area (Å²) in [6.07, 6.45) is 1.21. The van der Waals surface area contributed by atoms with Crippen molar-refractivity contribution >= 4 is 57.5 Å².